The summed E-state index contributed by atoms with van der Waals surface area (Å²) < 4.78 is 13.4. The molecule has 0 aromatic heterocycles. The van der Waals surface area contributed by atoms with Crippen LogP contribution in [0.5, 0.6) is 0 Å². The number of halogens is 1. The van der Waals surface area contributed by atoms with E-state index in [1.165, 1.54) is 24.3 Å². The molecule has 0 unspecified atom stereocenters. The zero-order chi connectivity index (χ0) is 22.5. The molecule has 0 bridgehead atoms. The quantitative estimate of drug-likeness (QED) is 0.421. The van der Waals surface area contributed by atoms with Gasteiger partial charge in [-0.05, 0) is 52.7 Å². The molecule has 0 N–H and O–H groups in total. The van der Waals surface area contributed by atoms with Crippen LogP contribution in [-0.4, -0.2) is 17.9 Å². The molecule has 6 heteroatoms. The van der Waals surface area contributed by atoms with Crippen molar-refractivity contribution in [1.82, 2.24) is 0 Å². The molecular weight excluding hydrogens is 419 g/mol. The van der Waals surface area contributed by atoms with E-state index in [2.05, 4.69) is 0 Å². The van der Waals surface area contributed by atoms with E-state index in [0.29, 0.717) is 5.69 Å². The molecule has 2 fully saturated rings. The van der Waals surface area contributed by atoms with Crippen LogP contribution in [0, 0.1) is 11.7 Å². The van der Waals surface area contributed by atoms with Crippen molar-refractivity contribution in [3.05, 3.63) is 108 Å². The van der Waals surface area contributed by atoms with Crippen molar-refractivity contribution in [2.45, 2.75) is 12.1 Å². The van der Waals surface area contributed by atoms with Crippen molar-refractivity contribution in [3.8, 4) is 0 Å². The van der Waals surface area contributed by atoms with Crippen LogP contribution < -0.4 is 9.96 Å². The Bertz CT molecular complexity index is 1370. The van der Waals surface area contributed by atoms with E-state index in [4.69, 9.17) is 4.84 Å². The third-order valence-corrected chi connectivity index (χ3v) is 6.35. The minimum atomic E-state index is -0.966. The highest BCUT2D eigenvalue weighted by molar-refractivity contribution is 6.24. The van der Waals surface area contributed by atoms with Gasteiger partial charge in [-0.3, -0.25) is 14.4 Å². The largest absolute Gasteiger partial charge is 0.273 e. The summed E-state index contributed by atoms with van der Waals surface area (Å²) in [6.45, 7) is 0. The summed E-state index contributed by atoms with van der Waals surface area (Å²) in [7, 11) is 0. The van der Waals surface area contributed by atoms with Gasteiger partial charge in [0.05, 0.1) is 17.4 Å². The molecule has 2 aliphatic heterocycles. The van der Waals surface area contributed by atoms with Crippen LogP contribution in [-0.2, 0) is 14.4 Å². The number of fused-ring (bicyclic) bond motifs is 2. The number of rotatable bonds is 3. The molecule has 6 rings (SSSR count). The smallest absolute Gasteiger partial charge is 0.266 e. The van der Waals surface area contributed by atoms with Crippen molar-refractivity contribution >= 4 is 34.0 Å². The number of nitrogens with zero attached hydrogens (tertiary/aromatic N) is 2. The van der Waals surface area contributed by atoms with Crippen LogP contribution in [0.25, 0.3) is 10.8 Å². The van der Waals surface area contributed by atoms with Gasteiger partial charge in [0.25, 0.3) is 5.91 Å². The zero-order valence-electron chi connectivity index (χ0n) is 17.5. The first-order chi connectivity index (χ1) is 16.1. The summed E-state index contributed by atoms with van der Waals surface area (Å²) >= 11 is 0. The molecule has 4 aromatic carbocycles. The maximum atomic E-state index is 13.7. The van der Waals surface area contributed by atoms with Crippen LogP contribution >= 0.6 is 0 Å². The Morgan fingerprint density at radius 1 is 0.697 bits per heavy atom. The maximum absolute atomic E-state index is 13.7. The van der Waals surface area contributed by atoms with Gasteiger partial charge in [0.2, 0.25) is 5.91 Å². The van der Waals surface area contributed by atoms with Gasteiger partial charge in [-0.2, -0.15) is 0 Å². The highest BCUT2D eigenvalue weighted by Crippen LogP contribution is 2.48. The normalized spacial score (nSPS) is 22.3. The van der Waals surface area contributed by atoms with Gasteiger partial charge in [-0.25, -0.2) is 14.4 Å². The fourth-order valence-electron chi connectivity index (χ4n) is 4.88. The van der Waals surface area contributed by atoms with Crippen LogP contribution in [0.3, 0.4) is 0 Å². The summed E-state index contributed by atoms with van der Waals surface area (Å²) in [5.41, 5.74) is 2.01. The Labute approximate surface area is 189 Å². The van der Waals surface area contributed by atoms with E-state index in [9.17, 15) is 14.0 Å². The summed E-state index contributed by atoms with van der Waals surface area (Å²) in [5, 5.41) is 3.73. The number of carbonyl (C=O) groups excluding carboxylic acids is 2. The molecule has 3 atom stereocenters. The minimum absolute atomic E-state index is 0.340. The van der Waals surface area contributed by atoms with Gasteiger partial charge in [-0.1, -0.05) is 60.7 Å². The number of hydroxylamine groups is 1. The molecule has 2 saturated heterocycles. The van der Waals surface area contributed by atoms with Crippen LogP contribution in [0.1, 0.15) is 11.6 Å². The van der Waals surface area contributed by atoms with Gasteiger partial charge in [-0.15, -0.1) is 0 Å². The Kier molecular flexibility index (Phi) is 4.48. The fraction of sp³-hybridized carbons (Fsp3) is 0.111. The number of benzene rings is 4. The van der Waals surface area contributed by atoms with E-state index in [-0.39, 0.29) is 5.91 Å². The van der Waals surface area contributed by atoms with E-state index >= 15 is 0 Å². The van der Waals surface area contributed by atoms with Crippen molar-refractivity contribution in [2.75, 3.05) is 9.96 Å². The number of imide groups is 1. The summed E-state index contributed by atoms with van der Waals surface area (Å²) in [6, 6.07) is 28.2. The number of amides is 2. The fourth-order valence-corrected chi connectivity index (χ4v) is 4.88. The summed E-state index contributed by atoms with van der Waals surface area (Å²) in [5.74, 6) is -1.97. The maximum Gasteiger partial charge on any atom is 0.266 e. The van der Waals surface area contributed by atoms with Crippen LogP contribution in [0.15, 0.2) is 97.1 Å². The van der Waals surface area contributed by atoms with E-state index in [1.54, 1.807) is 5.06 Å². The van der Waals surface area contributed by atoms with E-state index in [1.807, 2.05) is 72.8 Å². The summed E-state index contributed by atoms with van der Waals surface area (Å²) in [4.78, 5) is 34.4. The van der Waals surface area contributed by atoms with Gasteiger partial charge in [0.15, 0.2) is 6.10 Å². The lowest BCUT2D eigenvalue weighted by Gasteiger charge is -2.29. The van der Waals surface area contributed by atoms with E-state index < -0.39 is 29.8 Å². The SMILES string of the molecule is O=C1[C@@H]2[C@@H](ON(c3ccccc3)[C@H]2c2cccc3ccccc23)C(=O)N1c1ccc(F)cc1. The lowest BCUT2D eigenvalue weighted by atomic mass is 9.87. The van der Waals surface area contributed by atoms with Gasteiger partial charge in [0, 0.05) is 0 Å². The first-order valence-electron chi connectivity index (χ1n) is 10.8. The number of anilines is 2. The first-order valence-corrected chi connectivity index (χ1v) is 10.8. The number of hydrogen-bond donors (Lipinski definition) is 0. The Morgan fingerprint density at radius 3 is 2.18 bits per heavy atom. The predicted molar refractivity (Wildman–Crippen MR) is 123 cm³/mol. The number of para-hydroxylation sites is 1. The number of hydrogen-bond acceptors (Lipinski definition) is 4. The second kappa shape index (κ2) is 7.53. The highest BCUT2D eigenvalue weighted by atomic mass is 19.1. The number of carbonyl (C=O) groups is 2. The molecular formula is C27H19FN2O3. The second-order valence-corrected chi connectivity index (χ2v) is 8.21. The third-order valence-electron chi connectivity index (χ3n) is 6.35. The molecule has 2 aliphatic rings. The molecule has 4 aromatic rings. The second-order valence-electron chi connectivity index (χ2n) is 8.21. The van der Waals surface area contributed by atoms with Crippen molar-refractivity contribution in [2.24, 2.45) is 5.92 Å². The average Bonchev–Trinajstić information content (AvgIpc) is 3.36. The Balaban J connectivity index is 1.50. The zero-order valence-corrected chi connectivity index (χ0v) is 17.5. The Morgan fingerprint density at radius 2 is 1.39 bits per heavy atom. The van der Waals surface area contributed by atoms with Crippen molar-refractivity contribution < 1.29 is 18.8 Å². The standard InChI is InChI=1S/C27H19FN2O3/c28-18-13-15-19(16-14-18)29-26(31)23-24(22-12-6-8-17-7-4-5-11-21(17)22)30(33-25(23)27(29)32)20-9-2-1-3-10-20/h1-16,23-25H/t23-,24-,25+/m0/s1. The minimum Gasteiger partial charge on any atom is -0.273 e. The molecule has 33 heavy (non-hydrogen) atoms. The predicted octanol–water partition coefficient (Wildman–Crippen LogP) is 5.03. The molecule has 5 nitrogen and oxygen atoms in total. The molecule has 0 saturated carbocycles. The molecule has 2 heterocycles. The molecule has 0 aliphatic carbocycles. The van der Waals surface area contributed by atoms with Gasteiger partial charge in [0.1, 0.15) is 11.7 Å². The van der Waals surface area contributed by atoms with Crippen molar-refractivity contribution in [1.29, 1.82) is 0 Å². The monoisotopic (exact) mass is 438 g/mol. The van der Waals surface area contributed by atoms with Gasteiger partial charge < -0.3 is 0 Å². The molecule has 0 radical (unpaired) electrons. The van der Waals surface area contributed by atoms with Crippen LogP contribution in [0.2, 0.25) is 0 Å². The highest BCUT2D eigenvalue weighted by Gasteiger charge is 2.60. The first kappa shape index (κ1) is 19.6. The lowest BCUT2D eigenvalue weighted by molar-refractivity contribution is -0.126. The topological polar surface area (TPSA) is 49.9 Å². The van der Waals surface area contributed by atoms with Crippen molar-refractivity contribution in [3.63, 3.8) is 0 Å². The molecule has 0 spiro atoms. The van der Waals surface area contributed by atoms with Gasteiger partial charge >= 0.3 is 0 Å². The summed E-state index contributed by atoms with van der Waals surface area (Å²) in [6.07, 6.45) is -0.966. The Hall–Kier alpha value is -4.03. The lowest BCUT2D eigenvalue weighted by Crippen LogP contribution is -2.37. The third kappa shape index (κ3) is 3.02. The molecule has 162 valence electrons. The average molecular weight is 438 g/mol. The van der Waals surface area contributed by atoms with Crippen LogP contribution in [0.4, 0.5) is 15.8 Å². The van der Waals surface area contributed by atoms with E-state index in [0.717, 1.165) is 26.9 Å². The molecule has 2 amide bonds.